The molecule has 3 rings (SSSR count). The lowest BCUT2D eigenvalue weighted by atomic mass is 10.00. The fourth-order valence-corrected chi connectivity index (χ4v) is 3.94. The monoisotopic (exact) mass is 418 g/mol. The van der Waals surface area contributed by atoms with Crippen molar-refractivity contribution in [2.24, 2.45) is 0 Å². The third-order valence-electron chi connectivity index (χ3n) is 4.60. The van der Waals surface area contributed by atoms with Crippen LogP contribution >= 0.6 is 0 Å². The molecule has 1 heterocycles. The van der Waals surface area contributed by atoms with Gasteiger partial charge in [-0.3, -0.25) is 14.9 Å². The van der Waals surface area contributed by atoms with Crippen molar-refractivity contribution in [3.05, 3.63) is 69.3 Å². The maximum absolute atomic E-state index is 12.4. The average Bonchev–Trinajstić information content (AvgIpc) is 2.70. The van der Waals surface area contributed by atoms with Crippen LogP contribution in [0.5, 0.6) is 0 Å². The van der Waals surface area contributed by atoms with Gasteiger partial charge in [0.2, 0.25) is 0 Å². The Balaban J connectivity index is 1.67. The van der Waals surface area contributed by atoms with Crippen LogP contribution in [0.4, 0.5) is 5.69 Å². The van der Waals surface area contributed by atoms with Crippen LogP contribution in [0, 0.1) is 10.1 Å². The summed E-state index contributed by atoms with van der Waals surface area (Å²) in [5.41, 5.74) is 1.28. The number of carbonyl (C=O) groups excluding carboxylic acids is 2. The SMILES string of the molecule is CS(=O)(=O)c1ccc(C(=O)OCC(=O)N2CCc3ccccc3C2)cc1[N+](=O)[O-]. The molecule has 0 atom stereocenters. The summed E-state index contributed by atoms with van der Waals surface area (Å²) in [7, 11) is -3.84. The molecule has 29 heavy (non-hydrogen) atoms. The van der Waals surface area contributed by atoms with Gasteiger partial charge in [-0.1, -0.05) is 24.3 Å². The maximum atomic E-state index is 12.4. The normalized spacial score (nSPS) is 13.5. The van der Waals surface area contributed by atoms with Crippen LogP contribution < -0.4 is 0 Å². The molecule has 1 aliphatic heterocycles. The number of sulfone groups is 1. The van der Waals surface area contributed by atoms with Gasteiger partial charge >= 0.3 is 5.97 Å². The number of ether oxygens (including phenoxy) is 1. The first-order valence-corrected chi connectivity index (χ1v) is 10.6. The molecule has 0 saturated carbocycles. The predicted molar refractivity (Wildman–Crippen MR) is 102 cm³/mol. The zero-order valence-electron chi connectivity index (χ0n) is 15.5. The number of hydrogen-bond acceptors (Lipinski definition) is 7. The Morgan fingerprint density at radius 2 is 1.86 bits per heavy atom. The first kappa shape index (κ1) is 20.5. The molecular weight excluding hydrogens is 400 g/mol. The van der Waals surface area contributed by atoms with Gasteiger partial charge in [-0.15, -0.1) is 0 Å². The highest BCUT2D eigenvalue weighted by atomic mass is 32.2. The van der Waals surface area contributed by atoms with E-state index in [-0.39, 0.29) is 11.5 Å². The van der Waals surface area contributed by atoms with Crippen molar-refractivity contribution in [1.29, 1.82) is 0 Å². The van der Waals surface area contributed by atoms with Gasteiger partial charge in [0, 0.05) is 25.4 Å². The molecule has 0 aliphatic carbocycles. The second-order valence-electron chi connectivity index (χ2n) is 6.62. The van der Waals surface area contributed by atoms with Crippen LogP contribution in [-0.2, 0) is 32.3 Å². The minimum atomic E-state index is -3.84. The van der Waals surface area contributed by atoms with Crippen molar-refractivity contribution in [2.45, 2.75) is 17.9 Å². The lowest BCUT2D eigenvalue weighted by Crippen LogP contribution is -2.38. The maximum Gasteiger partial charge on any atom is 0.338 e. The van der Waals surface area contributed by atoms with Crippen LogP contribution in [0.25, 0.3) is 0 Å². The summed E-state index contributed by atoms with van der Waals surface area (Å²) in [6.45, 7) is 0.408. The Bertz CT molecular complexity index is 1100. The summed E-state index contributed by atoms with van der Waals surface area (Å²) < 4.78 is 28.3. The highest BCUT2D eigenvalue weighted by Crippen LogP contribution is 2.25. The number of amides is 1. The molecule has 1 aliphatic rings. The van der Waals surface area contributed by atoms with Crippen molar-refractivity contribution in [1.82, 2.24) is 4.90 Å². The number of hydrogen-bond donors (Lipinski definition) is 0. The van der Waals surface area contributed by atoms with Gasteiger partial charge < -0.3 is 9.64 Å². The van der Waals surface area contributed by atoms with E-state index in [1.54, 1.807) is 4.90 Å². The van der Waals surface area contributed by atoms with Gasteiger partial charge in [0.1, 0.15) is 4.90 Å². The van der Waals surface area contributed by atoms with E-state index in [4.69, 9.17) is 4.74 Å². The Hall–Kier alpha value is -3.27. The Labute approximate surface area is 167 Å². The molecule has 0 unspecified atom stereocenters. The van der Waals surface area contributed by atoms with Crippen molar-refractivity contribution in [3.8, 4) is 0 Å². The summed E-state index contributed by atoms with van der Waals surface area (Å²) in [5, 5.41) is 11.1. The summed E-state index contributed by atoms with van der Waals surface area (Å²) in [6, 6.07) is 10.7. The number of benzene rings is 2. The number of nitro groups is 1. The number of fused-ring (bicyclic) bond motifs is 1. The van der Waals surface area contributed by atoms with Crippen LogP contribution in [0.1, 0.15) is 21.5 Å². The van der Waals surface area contributed by atoms with Gasteiger partial charge in [-0.2, -0.15) is 0 Å². The van der Waals surface area contributed by atoms with E-state index < -0.39 is 37.9 Å². The van der Waals surface area contributed by atoms with Crippen LogP contribution in [0.15, 0.2) is 47.4 Å². The predicted octanol–water partition coefficient (Wildman–Crippen LogP) is 1.74. The molecule has 1 amide bonds. The van der Waals surface area contributed by atoms with Gasteiger partial charge in [0.15, 0.2) is 16.4 Å². The topological polar surface area (TPSA) is 124 Å². The molecule has 0 saturated heterocycles. The van der Waals surface area contributed by atoms with Crippen LogP contribution in [0.2, 0.25) is 0 Å². The summed E-state index contributed by atoms with van der Waals surface area (Å²) in [5.74, 6) is -1.32. The molecule has 9 nitrogen and oxygen atoms in total. The summed E-state index contributed by atoms with van der Waals surface area (Å²) >= 11 is 0. The molecule has 0 spiro atoms. The van der Waals surface area contributed by atoms with Gasteiger partial charge in [0.05, 0.1) is 10.5 Å². The standard InChI is InChI=1S/C19H18N2O7S/c1-29(26,27)17-7-6-14(10-16(17)21(24)25)19(23)28-12-18(22)20-9-8-13-4-2-3-5-15(13)11-20/h2-7,10H,8-9,11-12H2,1H3. The fraction of sp³-hybridized carbons (Fsp3) is 0.263. The number of rotatable bonds is 5. The molecule has 0 bridgehead atoms. The highest BCUT2D eigenvalue weighted by molar-refractivity contribution is 7.90. The average molecular weight is 418 g/mol. The largest absolute Gasteiger partial charge is 0.452 e. The zero-order valence-corrected chi connectivity index (χ0v) is 16.3. The Morgan fingerprint density at radius 3 is 2.52 bits per heavy atom. The minimum absolute atomic E-state index is 0.208. The molecular formula is C19H18N2O7S. The van der Waals surface area contributed by atoms with E-state index in [1.807, 2.05) is 24.3 Å². The first-order chi connectivity index (χ1) is 13.7. The van der Waals surface area contributed by atoms with Crippen molar-refractivity contribution in [3.63, 3.8) is 0 Å². The Morgan fingerprint density at radius 1 is 1.17 bits per heavy atom. The van der Waals surface area contributed by atoms with E-state index in [1.165, 1.54) is 5.56 Å². The molecule has 10 heteroatoms. The molecule has 2 aromatic rings. The highest BCUT2D eigenvalue weighted by Gasteiger charge is 2.26. The van der Waals surface area contributed by atoms with E-state index in [0.717, 1.165) is 30.0 Å². The zero-order chi connectivity index (χ0) is 21.2. The second kappa shape index (κ2) is 8.00. The second-order valence-corrected chi connectivity index (χ2v) is 8.61. The lowest BCUT2D eigenvalue weighted by molar-refractivity contribution is -0.387. The van der Waals surface area contributed by atoms with Gasteiger partial charge in [-0.05, 0) is 29.7 Å². The van der Waals surface area contributed by atoms with E-state index in [0.29, 0.717) is 19.5 Å². The van der Waals surface area contributed by atoms with Crippen molar-refractivity contribution in [2.75, 3.05) is 19.4 Å². The quantitative estimate of drug-likeness (QED) is 0.411. The third kappa shape index (κ3) is 4.60. The van der Waals surface area contributed by atoms with E-state index >= 15 is 0 Å². The van der Waals surface area contributed by atoms with Gasteiger partial charge in [-0.25, -0.2) is 13.2 Å². The number of carbonyl (C=O) groups is 2. The number of nitro benzene ring substituents is 1. The first-order valence-electron chi connectivity index (χ1n) is 8.67. The smallest absolute Gasteiger partial charge is 0.338 e. The molecule has 152 valence electrons. The minimum Gasteiger partial charge on any atom is -0.452 e. The van der Waals surface area contributed by atoms with E-state index in [9.17, 15) is 28.1 Å². The van der Waals surface area contributed by atoms with Crippen LogP contribution in [0.3, 0.4) is 0 Å². The number of esters is 1. The number of nitrogens with zero attached hydrogens (tertiary/aromatic N) is 2. The van der Waals surface area contributed by atoms with Crippen LogP contribution in [-0.4, -0.2) is 49.5 Å². The fourth-order valence-electron chi connectivity index (χ4n) is 3.11. The molecule has 2 aromatic carbocycles. The van der Waals surface area contributed by atoms with Crippen molar-refractivity contribution >= 4 is 27.4 Å². The summed E-state index contributed by atoms with van der Waals surface area (Å²) in [4.78, 5) is 35.9. The van der Waals surface area contributed by atoms with Crippen molar-refractivity contribution < 1.29 is 27.7 Å². The molecule has 0 aromatic heterocycles. The Kier molecular flexibility index (Phi) is 5.64. The third-order valence-corrected chi connectivity index (χ3v) is 5.75. The van der Waals surface area contributed by atoms with Gasteiger partial charge in [0.25, 0.3) is 11.6 Å². The van der Waals surface area contributed by atoms with E-state index in [2.05, 4.69) is 0 Å². The molecule has 0 N–H and O–H groups in total. The molecule has 0 radical (unpaired) electrons. The summed E-state index contributed by atoms with van der Waals surface area (Å²) in [6.07, 6.45) is 1.54. The lowest BCUT2D eigenvalue weighted by Gasteiger charge is -2.28. The molecule has 0 fully saturated rings.